The van der Waals surface area contributed by atoms with Crippen molar-refractivity contribution < 1.29 is 13.9 Å². The molecule has 18 heavy (non-hydrogen) atoms. The maximum atomic E-state index is 13.2. The number of esters is 1. The largest absolute Gasteiger partial charge is 0.462 e. The number of halogens is 1. The van der Waals surface area contributed by atoms with Crippen LogP contribution in [0.4, 0.5) is 10.1 Å². The van der Waals surface area contributed by atoms with E-state index in [4.69, 9.17) is 10.5 Å². The second-order valence-electron chi connectivity index (χ2n) is 3.64. The number of ether oxygens (including phenoxy) is 1. The van der Waals surface area contributed by atoms with E-state index in [9.17, 15) is 9.18 Å². The first-order chi connectivity index (χ1) is 8.60. The third-order valence-corrected chi connectivity index (χ3v) is 2.26. The number of carbonyl (C=O) groups is 1. The number of aromatic nitrogens is 2. The van der Waals surface area contributed by atoms with Crippen LogP contribution in [0.1, 0.15) is 17.3 Å². The van der Waals surface area contributed by atoms with Gasteiger partial charge < -0.3 is 10.5 Å². The van der Waals surface area contributed by atoms with Gasteiger partial charge in [0.25, 0.3) is 0 Å². The summed E-state index contributed by atoms with van der Waals surface area (Å²) in [5.41, 5.74) is 6.58. The summed E-state index contributed by atoms with van der Waals surface area (Å²) in [5, 5.41) is 3.97. The molecule has 0 fully saturated rings. The lowest BCUT2D eigenvalue weighted by atomic mass is 10.2. The fraction of sp³-hybridized carbons (Fsp3) is 0.167. The number of nitrogens with zero attached hydrogens (tertiary/aromatic N) is 2. The number of rotatable bonds is 3. The fourth-order valence-electron chi connectivity index (χ4n) is 1.51. The molecule has 0 amide bonds. The van der Waals surface area contributed by atoms with Crippen LogP contribution >= 0.6 is 0 Å². The molecule has 0 radical (unpaired) electrons. The molecular weight excluding hydrogens is 237 g/mol. The topological polar surface area (TPSA) is 70.1 Å². The van der Waals surface area contributed by atoms with Crippen molar-refractivity contribution in [1.29, 1.82) is 0 Å². The molecule has 0 saturated heterocycles. The Hall–Kier alpha value is -2.37. The Balaban J connectivity index is 2.32. The van der Waals surface area contributed by atoms with Gasteiger partial charge in [-0.05, 0) is 25.1 Å². The molecule has 2 N–H and O–H groups in total. The Morgan fingerprint density at radius 3 is 2.94 bits per heavy atom. The first-order valence-corrected chi connectivity index (χ1v) is 5.38. The summed E-state index contributed by atoms with van der Waals surface area (Å²) in [5.74, 6) is -0.925. The molecule has 0 saturated carbocycles. The van der Waals surface area contributed by atoms with Crippen LogP contribution in [0.25, 0.3) is 5.69 Å². The third kappa shape index (κ3) is 2.48. The van der Waals surface area contributed by atoms with Gasteiger partial charge in [0.05, 0.1) is 24.1 Å². The van der Waals surface area contributed by atoms with Crippen LogP contribution in [0.5, 0.6) is 0 Å². The predicted octanol–water partition coefficient (Wildman–Crippen LogP) is 1.77. The lowest BCUT2D eigenvalue weighted by Gasteiger charge is -2.02. The molecule has 1 aromatic carbocycles. The molecule has 2 rings (SSSR count). The maximum absolute atomic E-state index is 13.2. The highest BCUT2D eigenvalue weighted by atomic mass is 19.1. The van der Waals surface area contributed by atoms with Gasteiger partial charge in [-0.1, -0.05) is 0 Å². The van der Waals surface area contributed by atoms with Crippen molar-refractivity contribution in [3.8, 4) is 5.69 Å². The summed E-state index contributed by atoms with van der Waals surface area (Å²) in [6, 6.07) is 4.04. The summed E-state index contributed by atoms with van der Waals surface area (Å²) >= 11 is 0. The zero-order valence-electron chi connectivity index (χ0n) is 9.76. The number of benzene rings is 1. The number of anilines is 1. The van der Waals surface area contributed by atoms with E-state index < -0.39 is 11.8 Å². The summed E-state index contributed by atoms with van der Waals surface area (Å²) in [6.07, 6.45) is 2.82. The Labute approximate surface area is 103 Å². The maximum Gasteiger partial charge on any atom is 0.341 e. The van der Waals surface area contributed by atoms with Gasteiger partial charge in [0.15, 0.2) is 0 Å². The van der Waals surface area contributed by atoms with Crippen molar-refractivity contribution in [2.45, 2.75) is 6.92 Å². The SMILES string of the molecule is CCOC(=O)c1cnn(-c2cc(N)cc(F)c2)c1. The van der Waals surface area contributed by atoms with E-state index in [0.717, 1.165) is 0 Å². The van der Waals surface area contributed by atoms with E-state index in [1.807, 2.05) is 0 Å². The highest BCUT2D eigenvalue weighted by molar-refractivity contribution is 5.88. The second-order valence-corrected chi connectivity index (χ2v) is 3.64. The van der Waals surface area contributed by atoms with Crippen molar-refractivity contribution in [3.63, 3.8) is 0 Å². The minimum absolute atomic E-state index is 0.289. The van der Waals surface area contributed by atoms with Gasteiger partial charge in [0.1, 0.15) is 5.82 Å². The molecule has 0 bridgehead atoms. The molecule has 2 aromatic rings. The van der Waals surface area contributed by atoms with Gasteiger partial charge in [-0.15, -0.1) is 0 Å². The van der Waals surface area contributed by atoms with Crippen LogP contribution in [0.3, 0.4) is 0 Å². The van der Waals surface area contributed by atoms with Gasteiger partial charge in [-0.25, -0.2) is 13.9 Å². The standard InChI is InChI=1S/C12H12FN3O2/c1-2-18-12(17)8-6-15-16(7-8)11-4-9(13)3-10(14)5-11/h3-7H,2,14H2,1H3. The summed E-state index contributed by atoms with van der Waals surface area (Å²) in [7, 11) is 0. The molecule has 0 spiro atoms. The average Bonchev–Trinajstić information content (AvgIpc) is 2.77. The Kier molecular flexibility index (Phi) is 3.27. The van der Waals surface area contributed by atoms with Gasteiger partial charge >= 0.3 is 5.97 Å². The monoisotopic (exact) mass is 249 g/mol. The number of nitrogens with two attached hydrogens (primary N) is 1. The zero-order chi connectivity index (χ0) is 13.1. The molecule has 1 heterocycles. The van der Waals surface area contributed by atoms with E-state index in [-0.39, 0.29) is 12.3 Å². The van der Waals surface area contributed by atoms with Crippen LogP contribution in [0.2, 0.25) is 0 Å². The lowest BCUT2D eigenvalue weighted by molar-refractivity contribution is 0.0526. The Morgan fingerprint density at radius 1 is 1.50 bits per heavy atom. The van der Waals surface area contributed by atoms with Gasteiger partial charge in [0, 0.05) is 11.9 Å². The van der Waals surface area contributed by atoms with Crippen LogP contribution < -0.4 is 5.73 Å². The predicted molar refractivity (Wildman–Crippen MR) is 63.9 cm³/mol. The molecule has 6 heteroatoms. The molecular formula is C12H12FN3O2. The first-order valence-electron chi connectivity index (χ1n) is 5.38. The first kappa shape index (κ1) is 12.1. The third-order valence-electron chi connectivity index (χ3n) is 2.26. The van der Waals surface area contributed by atoms with Gasteiger partial charge in [0.2, 0.25) is 0 Å². The molecule has 0 unspecified atom stereocenters. The number of carbonyl (C=O) groups excluding carboxylic acids is 1. The van der Waals surface area contributed by atoms with Gasteiger partial charge in [-0.2, -0.15) is 5.10 Å². The summed E-state index contributed by atoms with van der Waals surface area (Å²) < 4.78 is 19.4. The molecule has 1 aromatic heterocycles. The van der Waals surface area contributed by atoms with Crippen LogP contribution in [0.15, 0.2) is 30.6 Å². The Morgan fingerprint density at radius 2 is 2.28 bits per heavy atom. The average molecular weight is 249 g/mol. The van der Waals surface area contributed by atoms with Crippen molar-refractivity contribution in [1.82, 2.24) is 9.78 Å². The van der Waals surface area contributed by atoms with Crippen molar-refractivity contribution in [2.24, 2.45) is 0 Å². The van der Waals surface area contributed by atoms with E-state index in [0.29, 0.717) is 11.3 Å². The zero-order valence-corrected chi connectivity index (χ0v) is 9.76. The quantitative estimate of drug-likeness (QED) is 0.664. The summed E-state index contributed by atoms with van der Waals surface area (Å²) in [6.45, 7) is 2.01. The molecule has 0 atom stereocenters. The van der Waals surface area contributed by atoms with E-state index in [1.54, 1.807) is 13.0 Å². The van der Waals surface area contributed by atoms with Crippen LogP contribution in [-0.2, 0) is 4.74 Å². The van der Waals surface area contributed by atoms with E-state index in [2.05, 4.69) is 5.10 Å². The van der Waals surface area contributed by atoms with Crippen molar-refractivity contribution in [2.75, 3.05) is 12.3 Å². The summed E-state index contributed by atoms with van der Waals surface area (Å²) in [4.78, 5) is 11.4. The molecule has 94 valence electrons. The molecule has 0 aliphatic carbocycles. The highest BCUT2D eigenvalue weighted by Crippen LogP contribution is 2.15. The second kappa shape index (κ2) is 4.87. The fourth-order valence-corrected chi connectivity index (χ4v) is 1.51. The number of hydrogen-bond acceptors (Lipinski definition) is 4. The van der Waals surface area contributed by atoms with Crippen molar-refractivity contribution in [3.05, 3.63) is 42.0 Å². The molecule has 0 aliphatic rings. The van der Waals surface area contributed by atoms with Crippen LogP contribution in [-0.4, -0.2) is 22.4 Å². The van der Waals surface area contributed by atoms with E-state index >= 15 is 0 Å². The minimum atomic E-state index is -0.465. The smallest absolute Gasteiger partial charge is 0.341 e. The lowest BCUT2D eigenvalue weighted by Crippen LogP contribution is -2.03. The number of nitrogen functional groups attached to an aromatic ring is 1. The van der Waals surface area contributed by atoms with Crippen molar-refractivity contribution >= 4 is 11.7 Å². The molecule has 0 aliphatic heterocycles. The van der Waals surface area contributed by atoms with Gasteiger partial charge in [-0.3, -0.25) is 0 Å². The van der Waals surface area contributed by atoms with Crippen LogP contribution in [0, 0.1) is 5.82 Å². The normalized spacial score (nSPS) is 10.3. The molecule has 5 nitrogen and oxygen atoms in total. The Bertz CT molecular complexity index is 560. The highest BCUT2D eigenvalue weighted by Gasteiger charge is 2.10. The number of hydrogen-bond donors (Lipinski definition) is 1. The minimum Gasteiger partial charge on any atom is -0.462 e. The van der Waals surface area contributed by atoms with E-state index in [1.165, 1.54) is 29.2 Å².